The first-order valence-corrected chi connectivity index (χ1v) is 10.7. The average Bonchev–Trinajstić information content (AvgIpc) is 3.42. The van der Waals surface area contributed by atoms with Gasteiger partial charge < -0.3 is 5.32 Å². The van der Waals surface area contributed by atoms with Gasteiger partial charge in [0.2, 0.25) is 5.91 Å². The number of halogens is 2. The highest BCUT2D eigenvalue weighted by Crippen LogP contribution is 2.22. The van der Waals surface area contributed by atoms with Crippen LogP contribution in [0.4, 0.5) is 4.39 Å². The second-order valence-electron chi connectivity index (χ2n) is 6.98. The largest absolute Gasteiger partial charge is 0.352 e. The maximum atomic E-state index is 13.9. The van der Waals surface area contributed by atoms with Crippen molar-refractivity contribution in [3.63, 3.8) is 0 Å². The van der Waals surface area contributed by atoms with Crippen LogP contribution >= 0.6 is 11.6 Å². The Hall–Kier alpha value is -1.26. The van der Waals surface area contributed by atoms with Crippen LogP contribution in [-0.4, -0.2) is 73.6 Å². The Morgan fingerprint density at radius 1 is 1.30 bits per heavy atom. The first-order valence-electron chi connectivity index (χ1n) is 8.93. The quantitative estimate of drug-likeness (QED) is 0.718. The Balaban J connectivity index is 1.55. The lowest BCUT2D eigenvalue weighted by atomic mass is 10.2. The number of hydrogen-bond donors (Lipinski definition) is 1. The van der Waals surface area contributed by atoms with Gasteiger partial charge in [-0.1, -0.05) is 17.7 Å². The zero-order valence-electron chi connectivity index (χ0n) is 15.2. The molecule has 2 aliphatic rings. The van der Waals surface area contributed by atoms with Gasteiger partial charge in [0.15, 0.2) is 0 Å². The predicted molar refractivity (Wildman–Crippen MR) is 101 cm³/mol. The first-order chi connectivity index (χ1) is 12.8. The molecular formula is C17H24ClFN4O3S. The summed E-state index contributed by atoms with van der Waals surface area (Å²) in [4.78, 5) is 13.8. The molecule has 1 saturated heterocycles. The van der Waals surface area contributed by atoms with E-state index in [1.165, 1.54) is 29.6 Å². The standard InChI is InChI=1S/C17H24ClFN4O3S/c1-21(11-14-15(18)3-2-4-16(14)19)27(25,26)23-9-7-22(8-10-23)12-17(24)20-13-5-6-13/h2-4,13H,5-12H2,1H3,(H,20,24). The van der Waals surface area contributed by atoms with Crippen molar-refractivity contribution < 1.29 is 17.6 Å². The van der Waals surface area contributed by atoms with Crippen molar-refractivity contribution >= 4 is 27.7 Å². The van der Waals surface area contributed by atoms with E-state index in [9.17, 15) is 17.6 Å². The fourth-order valence-electron chi connectivity index (χ4n) is 3.01. The highest BCUT2D eigenvalue weighted by atomic mass is 35.5. The van der Waals surface area contributed by atoms with E-state index in [1.807, 2.05) is 4.90 Å². The molecule has 3 rings (SSSR count). The van der Waals surface area contributed by atoms with Gasteiger partial charge in [-0.05, 0) is 25.0 Å². The van der Waals surface area contributed by atoms with Gasteiger partial charge in [-0.2, -0.15) is 17.0 Å². The molecule has 0 radical (unpaired) electrons. The van der Waals surface area contributed by atoms with Crippen LogP contribution in [0.25, 0.3) is 0 Å². The molecule has 0 aromatic heterocycles. The highest BCUT2D eigenvalue weighted by molar-refractivity contribution is 7.86. The molecule has 27 heavy (non-hydrogen) atoms. The summed E-state index contributed by atoms with van der Waals surface area (Å²) in [5.74, 6) is -0.545. The lowest BCUT2D eigenvalue weighted by Crippen LogP contribution is -2.53. The molecule has 1 saturated carbocycles. The van der Waals surface area contributed by atoms with Gasteiger partial charge in [0.25, 0.3) is 10.2 Å². The molecule has 150 valence electrons. The number of carbonyl (C=O) groups is 1. The van der Waals surface area contributed by atoms with Crippen LogP contribution in [0.15, 0.2) is 18.2 Å². The van der Waals surface area contributed by atoms with Gasteiger partial charge in [-0.15, -0.1) is 0 Å². The molecule has 1 aromatic rings. The van der Waals surface area contributed by atoms with E-state index in [0.29, 0.717) is 19.1 Å². The minimum Gasteiger partial charge on any atom is -0.352 e. The monoisotopic (exact) mass is 418 g/mol. The number of nitrogens with one attached hydrogen (secondary N) is 1. The Morgan fingerprint density at radius 2 is 1.96 bits per heavy atom. The summed E-state index contributed by atoms with van der Waals surface area (Å²) in [7, 11) is -2.33. The molecule has 1 N–H and O–H groups in total. The van der Waals surface area contributed by atoms with E-state index in [2.05, 4.69) is 5.32 Å². The second kappa shape index (κ2) is 8.40. The van der Waals surface area contributed by atoms with Crippen molar-refractivity contribution in [2.75, 3.05) is 39.8 Å². The van der Waals surface area contributed by atoms with Crippen LogP contribution in [-0.2, 0) is 21.5 Å². The first kappa shape index (κ1) is 20.5. The Morgan fingerprint density at radius 3 is 2.56 bits per heavy atom. The van der Waals surface area contributed by atoms with Gasteiger partial charge in [0.05, 0.1) is 6.54 Å². The van der Waals surface area contributed by atoms with Gasteiger partial charge in [-0.25, -0.2) is 4.39 Å². The zero-order valence-corrected chi connectivity index (χ0v) is 16.8. The molecule has 1 heterocycles. The molecule has 10 heteroatoms. The van der Waals surface area contributed by atoms with Crippen molar-refractivity contribution in [1.29, 1.82) is 0 Å². The molecule has 0 spiro atoms. The van der Waals surface area contributed by atoms with E-state index in [0.717, 1.165) is 17.1 Å². The Bertz CT molecular complexity index is 775. The summed E-state index contributed by atoms with van der Waals surface area (Å²) in [6.07, 6.45) is 2.08. The van der Waals surface area contributed by atoms with Crippen molar-refractivity contribution in [3.05, 3.63) is 34.6 Å². The van der Waals surface area contributed by atoms with Gasteiger partial charge in [-0.3, -0.25) is 9.69 Å². The maximum Gasteiger partial charge on any atom is 0.282 e. The third kappa shape index (κ3) is 5.17. The van der Waals surface area contributed by atoms with Crippen LogP contribution in [0.3, 0.4) is 0 Å². The molecule has 1 aliphatic carbocycles. The summed E-state index contributed by atoms with van der Waals surface area (Å²) in [6.45, 7) is 1.67. The van der Waals surface area contributed by atoms with Crippen LogP contribution in [0.1, 0.15) is 18.4 Å². The summed E-state index contributed by atoms with van der Waals surface area (Å²) in [5, 5.41) is 3.13. The SMILES string of the molecule is CN(Cc1c(F)cccc1Cl)S(=O)(=O)N1CCN(CC(=O)NC2CC2)CC1. The van der Waals surface area contributed by atoms with E-state index in [4.69, 9.17) is 11.6 Å². The van der Waals surface area contributed by atoms with E-state index in [1.54, 1.807) is 0 Å². The number of amides is 1. The van der Waals surface area contributed by atoms with E-state index >= 15 is 0 Å². The lowest BCUT2D eigenvalue weighted by molar-refractivity contribution is -0.122. The fraction of sp³-hybridized carbons (Fsp3) is 0.588. The number of hydrogen-bond acceptors (Lipinski definition) is 4. The van der Waals surface area contributed by atoms with Crippen LogP contribution in [0.2, 0.25) is 5.02 Å². The molecule has 1 amide bonds. The van der Waals surface area contributed by atoms with E-state index < -0.39 is 16.0 Å². The smallest absolute Gasteiger partial charge is 0.282 e. The second-order valence-corrected chi connectivity index (χ2v) is 9.42. The molecule has 2 fully saturated rings. The Kier molecular flexibility index (Phi) is 6.37. The van der Waals surface area contributed by atoms with Crippen molar-refractivity contribution in [1.82, 2.24) is 18.8 Å². The summed E-state index contributed by atoms with van der Waals surface area (Å²) >= 11 is 6.00. The van der Waals surface area contributed by atoms with E-state index in [-0.39, 0.29) is 42.7 Å². The molecule has 0 bridgehead atoms. The molecular weight excluding hydrogens is 395 g/mol. The van der Waals surface area contributed by atoms with Crippen LogP contribution < -0.4 is 5.32 Å². The highest BCUT2D eigenvalue weighted by Gasteiger charge is 2.32. The van der Waals surface area contributed by atoms with Crippen molar-refractivity contribution in [2.24, 2.45) is 0 Å². The lowest BCUT2D eigenvalue weighted by Gasteiger charge is -2.35. The molecule has 1 aliphatic heterocycles. The third-order valence-electron chi connectivity index (χ3n) is 4.80. The van der Waals surface area contributed by atoms with Crippen LogP contribution in [0.5, 0.6) is 0 Å². The predicted octanol–water partition coefficient (Wildman–Crippen LogP) is 1.05. The number of nitrogens with zero attached hydrogens (tertiary/aromatic N) is 3. The number of carbonyl (C=O) groups excluding carboxylic acids is 1. The number of rotatable bonds is 7. The normalized spacial score (nSPS) is 19.4. The molecule has 1 aromatic carbocycles. The molecule has 7 nitrogen and oxygen atoms in total. The fourth-order valence-corrected chi connectivity index (χ4v) is 4.54. The maximum absolute atomic E-state index is 13.9. The molecule has 0 unspecified atom stereocenters. The number of benzene rings is 1. The Labute approximate surface area is 164 Å². The summed E-state index contributed by atoms with van der Waals surface area (Å²) in [6, 6.07) is 4.59. The topological polar surface area (TPSA) is 73.0 Å². The van der Waals surface area contributed by atoms with Gasteiger partial charge in [0, 0.05) is 56.4 Å². The van der Waals surface area contributed by atoms with Gasteiger partial charge in [0.1, 0.15) is 5.82 Å². The summed E-state index contributed by atoms with van der Waals surface area (Å²) in [5.41, 5.74) is 0.153. The van der Waals surface area contributed by atoms with Crippen molar-refractivity contribution in [3.8, 4) is 0 Å². The average molecular weight is 419 g/mol. The number of piperazine rings is 1. The minimum absolute atomic E-state index is 0.0138. The summed E-state index contributed by atoms with van der Waals surface area (Å²) < 4.78 is 42.0. The van der Waals surface area contributed by atoms with Crippen LogP contribution in [0, 0.1) is 5.82 Å². The minimum atomic E-state index is -3.74. The zero-order chi connectivity index (χ0) is 19.6. The van der Waals surface area contributed by atoms with Crippen molar-refractivity contribution in [2.45, 2.75) is 25.4 Å². The third-order valence-corrected chi connectivity index (χ3v) is 7.09. The van der Waals surface area contributed by atoms with Gasteiger partial charge >= 0.3 is 0 Å². The molecule has 0 atom stereocenters.